The van der Waals surface area contributed by atoms with Crippen LogP contribution in [0.5, 0.6) is 0 Å². The van der Waals surface area contributed by atoms with Crippen molar-refractivity contribution < 1.29 is 14.0 Å². The van der Waals surface area contributed by atoms with Gasteiger partial charge in [-0.3, -0.25) is 9.59 Å². The summed E-state index contributed by atoms with van der Waals surface area (Å²) >= 11 is 0. The summed E-state index contributed by atoms with van der Waals surface area (Å²) in [7, 11) is 0. The number of aryl methyl sites for hydroxylation is 1. The van der Waals surface area contributed by atoms with Crippen LogP contribution in [0.2, 0.25) is 0 Å². The molecule has 2 rings (SSSR count). The van der Waals surface area contributed by atoms with Gasteiger partial charge in [-0.2, -0.15) is 0 Å². The van der Waals surface area contributed by atoms with Gasteiger partial charge in [-0.1, -0.05) is 0 Å². The van der Waals surface area contributed by atoms with Gasteiger partial charge in [0.1, 0.15) is 5.82 Å². The number of hydrogen-bond acceptors (Lipinski definition) is 2. The van der Waals surface area contributed by atoms with Crippen molar-refractivity contribution in [1.82, 2.24) is 4.57 Å². The number of ketones is 2. The zero-order chi connectivity index (χ0) is 14.9. The summed E-state index contributed by atoms with van der Waals surface area (Å²) in [4.78, 5) is 23.6. The summed E-state index contributed by atoms with van der Waals surface area (Å²) in [5, 5.41) is 0. The maximum Gasteiger partial charge on any atom is 0.182 e. The summed E-state index contributed by atoms with van der Waals surface area (Å²) in [5.41, 5.74) is 2.31. The molecule has 1 heterocycles. The van der Waals surface area contributed by atoms with Crippen LogP contribution >= 0.6 is 0 Å². The summed E-state index contributed by atoms with van der Waals surface area (Å²) in [6.07, 6.45) is 1.72. The Bertz CT molecular complexity index is 686. The van der Waals surface area contributed by atoms with Crippen molar-refractivity contribution in [2.24, 2.45) is 0 Å². The van der Waals surface area contributed by atoms with E-state index in [1.165, 1.54) is 19.1 Å². The average Bonchev–Trinajstić information content (AvgIpc) is 2.74. The lowest BCUT2D eigenvalue weighted by molar-refractivity contribution is 0.0967. The van der Waals surface area contributed by atoms with Crippen LogP contribution in [0.15, 0.2) is 30.5 Å². The Kier molecular flexibility index (Phi) is 3.84. The molecule has 0 aliphatic rings. The van der Waals surface area contributed by atoms with Crippen molar-refractivity contribution in [1.29, 1.82) is 0 Å². The summed E-state index contributed by atoms with van der Waals surface area (Å²) in [5.74, 6) is -0.453. The van der Waals surface area contributed by atoms with Crippen LogP contribution in [0.25, 0.3) is 0 Å². The van der Waals surface area contributed by atoms with E-state index in [2.05, 4.69) is 0 Å². The van der Waals surface area contributed by atoms with Crippen LogP contribution in [0.4, 0.5) is 4.39 Å². The van der Waals surface area contributed by atoms with E-state index in [0.29, 0.717) is 16.7 Å². The van der Waals surface area contributed by atoms with Crippen LogP contribution in [0.1, 0.15) is 38.9 Å². The van der Waals surface area contributed by atoms with E-state index in [4.69, 9.17) is 0 Å². The van der Waals surface area contributed by atoms with E-state index in [1.54, 1.807) is 36.7 Å². The van der Waals surface area contributed by atoms with E-state index in [0.717, 1.165) is 5.69 Å². The number of Topliss-reactive ketones (excluding diaryl/α,β-unsaturated/α-hetero) is 2. The van der Waals surface area contributed by atoms with Gasteiger partial charge in [0.25, 0.3) is 0 Å². The first-order chi connectivity index (χ1) is 9.40. The monoisotopic (exact) mass is 273 g/mol. The summed E-state index contributed by atoms with van der Waals surface area (Å²) < 4.78 is 14.9. The van der Waals surface area contributed by atoms with Crippen molar-refractivity contribution in [2.45, 2.75) is 27.3 Å². The number of rotatable bonds is 4. The fourth-order valence-electron chi connectivity index (χ4n) is 2.16. The second-order valence-electron chi connectivity index (χ2n) is 4.89. The number of hydrogen-bond donors (Lipinski definition) is 0. The molecule has 0 fully saturated rings. The number of carbonyl (C=O) groups excluding carboxylic acids is 2. The Labute approximate surface area is 117 Å². The Morgan fingerprint density at radius 1 is 1.20 bits per heavy atom. The lowest BCUT2D eigenvalue weighted by Crippen LogP contribution is -2.12. The zero-order valence-electron chi connectivity index (χ0n) is 11.7. The molecule has 2 aromatic rings. The number of halogens is 1. The lowest BCUT2D eigenvalue weighted by atomic mass is 10.1. The predicted octanol–water partition coefficient (Wildman–Crippen LogP) is 3.33. The minimum atomic E-state index is -0.322. The predicted molar refractivity (Wildman–Crippen MR) is 74.6 cm³/mol. The third kappa shape index (κ3) is 2.69. The fourth-order valence-corrected chi connectivity index (χ4v) is 2.16. The number of carbonyl (C=O) groups is 2. The number of benzene rings is 1. The Hall–Kier alpha value is -2.23. The first kappa shape index (κ1) is 14.2. The van der Waals surface area contributed by atoms with Gasteiger partial charge >= 0.3 is 0 Å². The quantitative estimate of drug-likeness (QED) is 0.801. The number of aromatic nitrogens is 1. The molecule has 0 spiro atoms. The molecule has 0 saturated heterocycles. The highest BCUT2D eigenvalue weighted by Gasteiger charge is 2.13. The van der Waals surface area contributed by atoms with Gasteiger partial charge in [-0.15, -0.1) is 0 Å². The van der Waals surface area contributed by atoms with E-state index in [1.807, 2.05) is 0 Å². The lowest BCUT2D eigenvalue weighted by Gasteiger charge is -2.07. The molecular weight excluding hydrogens is 257 g/mol. The standard InChI is InChI=1S/C16H16FNO2/c1-10-8-13(4-5-15(10)17)16(20)9-18-7-6-14(11(18)2)12(3)19/h4-8H,9H2,1-3H3. The Balaban J connectivity index is 2.23. The summed E-state index contributed by atoms with van der Waals surface area (Å²) in [6, 6.07) is 6.03. The van der Waals surface area contributed by atoms with Crippen molar-refractivity contribution in [3.8, 4) is 0 Å². The van der Waals surface area contributed by atoms with E-state index in [-0.39, 0.29) is 23.9 Å². The van der Waals surface area contributed by atoms with Gasteiger partial charge < -0.3 is 4.57 Å². The smallest absolute Gasteiger partial charge is 0.182 e. The molecule has 0 atom stereocenters. The van der Waals surface area contributed by atoms with E-state index >= 15 is 0 Å². The van der Waals surface area contributed by atoms with Gasteiger partial charge in [-0.25, -0.2) is 4.39 Å². The molecule has 0 N–H and O–H groups in total. The molecule has 104 valence electrons. The highest BCUT2D eigenvalue weighted by Crippen LogP contribution is 2.14. The average molecular weight is 273 g/mol. The van der Waals surface area contributed by atoms with Crippen LogP contribution in [-0.2, 0) is 6.54 Å². The highest BCUT2D eigenvalue weighted by atomic mass is 19.1. The van der Waals surface area contributed by atoms with Gasteiger partial charge in [0.2, 0.25) is 0 Å². The molecule has 1 aromatic heterocycles. The third-order valence-electron chi connectivity index (χ3n) is 3.41. The molecule has 0 aliphatic carbocycles. The Morgan fingerprint density at radius 2 is 1.90 bits per heavy atom. The fraction of sp³-hybridized carbons (Fsp3) is 0.250. The minimum absolute atomic E-state index is 0.0219. The first-order valence-electron chi connectivity index (χ1n) is 6.36. The van der Waals surface area contributed by atoms with Gasteiger partial charge in [0, 0.05) is 23.0 Å². The first-order valence-corrected chi connectivity index (χ1v) is 6.36. The maximum absolute atomic E-state index is 13.2. The zero-order valence-corrected chi connectivity index (χ0v) is 11.7. The maximum atomic E-state index is 13.2. The van der Waals surface area contributed by atoms with Crippen molar-refractivity contribution in [3.05, 3.63) is 58.7 Å². The number of nitrogens with zero attached hydrogens (tertiary/aromatic N) is 1. The normalized spacial score (nSPS) is 10.6. The van der Waals surface area contributed by atoms with Gasteiger partial charge in [-0.05, 0) is 50.6 Å². The van der Waals surface area contributed by atoms with Crippen LogP contribution in [0, 0.1) is 19.7 Å². The van der Waals surface area contributed by atoms with E-state index < -0.39 is 0 Å². The van der Waals surface area contributed by atoms with Gasteiger partial charge in [0.15, 0.2) is 11.6 Å². The second kappa shape index (κ2) is 5.41. The van der Waals surface area contributed by atoms with E-state index in [9.17, 15) is 14.0 Å². The van der Waals surface area contributed by atoms with Crippen LogP contribution in [0.3, 0.4) is 0 Å². The van der Waals surface area contributed by atoms with Crippen molar-refractivity contribution >= 4 is 11.6 Å². The van der Waals surface area contributed by atoms with Crippen molar-refractivity contribution in [2.75, 3.05) is 0 Å². The molecule has 0 bridgehead atoms. The molecule has 4 heteroatoms. The van der Waals surface area contributed by atoms with Gasteiger partial charge in [0.05, 0.1) is 6.54 Å². The molecule has 0 aliphatic heterocycles. The molecule has 0 saturated carbocycles. The molecule has 20 heavy (non-hydrogen) atoms. The largest absolute Gasteiger partial charge is 0.343 e. The van der Waals surface area contributed by atoms with Crippen molar-refractivity contribution in [3.63, 3.8) is 0 Å². The third-order valence-corrected chi connectivity index (χ3v) is 3.41. The van der Waals surface area contributed by atoms with Crippen LogP contribution < -0.4 is 0 Å². The highest BCUT2D eigenvalue weighted by molar-refractivity contribution is 5.97. The molecular formula is C16H16FNO2. The molecule has 0 amide bonds. The Morgan fingerprint density at radius 3 is 2.45 bits per heavy atom. The summed E-state index contributed by atoms with van der Waals surface area (Å²) in [6.45, 7) is 5.07. The molecule has 3 nitrogen and oxygen atoms in total. The van der Waals surface area contributed by atoms with Crippen LogP contribution in [-0.4, -0.2) is 16.1 Å². The molecule has 0 unspecified atom stereocenters. The molecule has 1 aromatic carbocycles. The topological polar surface area (TPSA) is 39.1 Å². The second-order valence-corrected chi connectivity index (χ2v) is 4.89. The minimum Gasteiger partial charge on any atom is -0.343 e. The molecule has 0 radical (unpaired) electrons. The SMILES string of the molecule is CC(=O)c1ccn(CC(=O)c2ccc(F)c(C)c2)c1C.